The van der Waals surface area contributed by atoms with Crippen LogP contribution in [0.2, 0.25) is 0 Å². The maximum absolute atomic E-state index is 13.4. The molecule has 0 unspecified atom stereocenters. The van der Waals surface area contributed by atoms with E-state index in [1.807, 2.05) is 30.3 Å². The molecular weight excluding hydrogens is 473 g/mol. The summed E-state index contributed by atoms with van der Waals surface area (Å²) < 4.78 is 40.4. The molecule has 0 saturated carbocycles. The van der Waals surface area contributed by atoms with Gasteiger partial charge in [-0.15, -0.1) is 11.3 Å². The van der Waals surface area contributed by atoms with E-state index in [0.717, 1.165) is 5.56 Å². The lowest BCUT2D eigenvalue weighted by Gasteiger charge is -2.17. The van der Waals surface area contributed by atoms with E-state index in [9.17, 15) is 17.6 Å². The number of halogens is 1. The molecule has 0 atom stereocenters. The summed E-state index contributed by atoms with van der Waals surface area (Å²) in [5.41, 5.74) is 2.60. The van der Waals surface area contributed by atoms with Crippen molar-refractivity contribution in [3.05, 3.63) is 101 Å². The van der Waals surface area contributed by atoms with Gasteiger partial charge in [0.2, 0.25) is 15.9 Å². The topological polar surface area (TPSA) is 79.4 Å². The lowest BCUT2D eigenvalue weighted by atomic mass is 10.2. The van der Waals surface area contributed by atoms with Crippen LogP contribution in [0.1, 0.15) is 11.3 Å². The largest absolute Gasteiger partial charge is 0.326 e. The third-order valence-corrected chi connectivity index (χ3v) is 7.82. The smallest absolute Gasteiger partial charge is 0.243 e. The Kier molecular flexibility index (Phi) is 7.16. The van der Waals surface area contributed by atoms with Crippen molar-refractivity contribution < 1.29 is 17.6 Å². The SMILES string of the molecule is CN(Cc1ccccc1)S(=O)(=O)c1ccc(NC(=O)Cc2csc(-c3cccc(F)c3)n2)cc1. The Bertz CT molecular complexity index is 1390. The first-order chi connectivity index (χ1) is 16.3. The maximum Gasteiger partial charge on any atom is 0.243 e. The third-order valence-electron chi connectivity index (χ3n) is 5.06. The van der Waals surface area contributed by atoms with E-state index in [4.69, 9.17) is 0 Å². The number of hydrogen-bond acceptors (Lipinski definition) is 5. The zero-order chi connectivity index (χ0) is 24.1. The summed E-state index contributed by atoms with van der Waals surface area (Å²) in [5.74, 6) is -0.628. The Balaban J connectivity index is 1.37. The number of thiazole rings is 1. The van der Waals surface area contributed by atoms with E-state index in [-0.39, 0.29) is 29.6 Å². The highest BCUT2D eigenvalue weighted by Crippen LogP contribution is 2.25. The minimum absolute atomic E-state index is 0.0473. The molecule has 0 fully saturated rings. The van der Waals surface area contributed by atoms with Crippen molar-refractivity contribution in [3.63, 3.8) is 0 Å². The lowest BCUT2D eigenvalue weighted by Crippen LogP contribution is -2.26. The van der Waals surface area contributed by atoms with Crippen LogP contribution in [0.25, 0.3) is 10.6 Å². The first-order valence-corrected chi connectivity index (χ1v) is 12.7. The van der Waals surface area contributed by atoms with E-state index in [0.29, 0.717) is 22.0 Å². The van der Waals surface area contributed by atoms with Crippen LogP contribution in [0.3, 0.4) is 0 Å². The summed E-state index contributed by atoms with van der Waals surface area (Å²) >= 11 is 1.34. The quantitative estimate of drug-likeness (QED) is 0.375. The number of benzene rings is 3. The molecule has 9 heteroatoms. The highest BCUT2D eigenvalue weighted by Gasteiger charge is 2.21. The van der Waals surface area contributed by atoms with Gasteiger partial charge in [-0.25, -0.2) is 17.8 Å². The molecule has 3 aromatic carbocycles. The zero-order valence-corrected chi connectivity index (χ0v) is 19.9. The number of nitrogens with zero attached hydrogens (tertiary/aromatic N) is 2. The molecular formula is C25H22FN3O3S2. The predicted molar refractivity (Wildman–Crippen MR) is 131 cm³/mol. The van der Waals surface area contributed by atoms with Crippen LogP contribution in [0.4, 0.5) is 10.1 Å². The number of carbonyl (C=O) groups excluding carboxylic acids is 1. The third kappa shape index (κ3) is 5.74. The van der Waals surface area contributed by atoms with Gasteiger partial charge in [0.1, 0.15) is 10.8 Å². The van der Waals surface area contributed by atoms with Gasteiger partial charge in [0.05, 0.1) is 17.0 Å². The second-order valence-corrected chi connectivity index (χ2v) is 10.6. The number of amides is 1. The Labute approximate surface area is 201 Å². The predicted octanol–water partition coefficient (Wildman–Crippen LogP) is 4.95. The molecule has 6 nitrogen and oxygen atoms in total. The average molecular weight is 496 g/mol. The minimum Gasteiger partial charge on any atom is -0.326 e. The Morgan fingerprint density at radius 3 is 2.47 bits per heavy atom. The van der Waals surface area contributed by atoms with Crippen molar-refractivity contribution >= 4 is 33.0 Å². The fraction of sp³-hybridized carbons (Fsp3) is 0.120. The maximum atomic E-state index is 13.4. The molecule has 1 aromatic heterocycles. The van der Waals surface area contributed by atoms with Crippen LogP contribution in [-0.4, -0.2) is 30.7 Å². The van der Waals surface area contributed by atoms with Gasteiger partial charge in [0.25, 0.3) is 0 Å². The van der Waals surface area contributed by atoms with Crippen LogP contribution in [0, 0.1) is 5.82 Å². The summed E-state index contributed by atoms with van der Waals surface area (Å²) in [7, 11) is -2.14. The molecule has 1 heterocycles. The summed E-state index contributed by atoms with van der Waals surface area (Å²) in [6.45, 7) is 0.257. The number of rotatable bonds is 8. The number of aromatic nitrogens is 1. The first kappa shape index (κ1) is 23.7. The standard InChI is InChI=1S/C25H22FN3O3S2/c1-29(16-18-6-3-2-4-7-18)34(31,32)23-12-10-21(11-13-23)27-24(30)15-22-17-33-25(28-22)19-8-5-9-20(26)14-19/h2-14,17H,15-16H2,1H3,(H,27,30). The fourth-order valence-corrected chi connectivity index (χ4v) is 5.30. The lowest BCUT2D eigenvalue weighted by molar-refractivity contribution is -0.115. The van der Waals surface area contributed by atoms with E-state index in [1.165, 1.54) is 47.0 Å². The molecule has 0 bridgehead atoms. The van der Waals surface area contributed by atoms with Gasteiger partial charge in [-0.3, -0.25) is 4.79 Å². The molecule has 4 rings (SSSR count). The number of nitrogens with one attached hydrogen (secondary N) is 1. The van der Waals surface area contributed by atoms with Gasteiger partial charge in [0, 0.05) is 30.2 Å². The normalized spacial score (nSPS) is 11.5. The number of hydrogen-bond donors (Lipinski definition) is 1. The molecule has 0 spiro atoms. The summed E-state index contributed by atoms with van der Waals surface area (Å²) in [6, 6.07) is 21.5. The van der Waals surface area contributed by atoms with Gasteiger partial charge in [0.15, 0.2) is 0 Å². The van der Waals surface area contributed by atoms with Crippen molar-refractivity contribution in [2.45, 2.75) is 17.9 Å². The van der Waals surface area contributed by atoms with Gasteiger partial charge in [-0.05, 0) is 42.0 Å². The van der Waals surface area contributed by atoms with Crippen LogP contribution in [0.15, 0.2) is 89.1 Å². The fourth-order valence-electron chi connectivity index (χ4n) is 3.33. The second kappa shape index (κ2) is 10.3. The van der Waals surface area contributed by atoms with Crippen LogP contribution in [-0.2, 0) is 27.8 Å². The Morgan fingerprint density at radius 1 is 1.03 bits per heavy atom. The molecule has 4 aromatic rings. The van der Waals surface area contributed by atoms with Gasteiger partial charge in [-0.2, -0.15) is 4.31 Å². The van der Waals surface area contributed by atoms with Crippen LogP contribution < -0.4 is 5.32 Å². The molecule has 174 valence electrons. The molecule has 0 aliphatic carbocycles. The van der Waals surface area contributed by atoms with Crippen LogP contribution in [0.5, 0.6) is 0 Å². The number of anilines is 1. The molecule has 1 N–H and O–H groups in total. The molecule has 0 aliphatic heterocycles. The first-order valence-electron chi connectivity index (χ1n) is 10.4. The molecule has 34 heavy (non-hydrogen) atoms. The minimum atomic E-state index is -3.67. The average Bonchev–Trinajstić information content (AvgIpc) is 3.28. The van der Waals surface area contributed by atoms with Crippen molar-refractivity contribution in [2.24, 2.45) is 0 Å². The van der Waals surface area contributed by atoms with E-state index in [1.54, 1.807) is 29.6 Å². The van der Waals surface area contributed by atoms with Crippen molar-refractivity contribution in [1.29, 1.82) is 0 Å². The monoisotopic (exact) mass is 495 g/mol. The molecule has 0 saturated heterocycles. The van der Waals surface area contributed by atoms with E-state index in [2.05, 4.69) is 10.3 Å². The molecule has 0 radical (unpaired) electrons. The molecule has 1 amide bonds. The van der Waals surface area contributed by atoms with E-state index >= 15 is 0 Å². The number of carbonyl (C=O) groups is 1. The van der Waals surface area contributed by atoms with Gasteiger partial charge < -0.3 is 5.32 Å². The van der Waals surface area contributed by atoms with Gasteiger partial charge in [-0.1, -0.05) is 42.5 Å². The van der Waals surface area contributed by atoms with Crippen molar-refractivity contribution in [1.82, 2.24) is 9.29 Å². The number of sulfonamides is 1. The summed E-state index contributed by atoms with van der Waals surface area (Å²) in [5, 5.41) is 5.15. The van der Waals surface area contributed by atoms with Crippen LogP contribution >= 0.6 is 11.3 Å². The zero-order valence-electron chi connectivity index (χ0n) is 18.3. The van der Waals surface area contributed by atoms with Crippen molar-refractivity contribution in [3.8, 4) is 10.6 Å². The second-order valence-electron chi connectivity index (χ2n) is 7.65. The Morgan fingerprint density at radius 2 is 1.76 bits per heavy atom. The summed E-state index contributed by atoms with van der Waals surface area (Å²) in [4.78, 5) is 17.0. The van der Waals surface area contributed by atoms with Crippen molar-refractivity contribution in [2.75, 3.05) is 12.4 Å². The molecule has 0 aliphatic rings. The van der Waals surface area contributed by atoms with E-state index < -0.39 is 10.0 Å². The Hall–Kier alpha value is -3.40. The summed E-state index contributed by atoms with van der Waals surface area (Å²) in [6.07, 6.45) is 0.0473. The highest BCUT2D eigenvalue weighted by atomic mass is 32.2. The highest BCUT2D eigenvalue weighted by molar-refractivity contribution is 7.89. The van der Waals surface area contributed by atoms with Gasteiger partial charge >= 0.3 is 0 Å².